The molecule has 0 saturated heterocycles. The van der Waals surface area contributed by atoms with Crippen molar-refractivity contribution in [2.75, 3.05) is 6.61 Å². The molecule has 0 heterocycles. The summed E-state index contributed by atoms with van der Waals surface area (Å²) in [5, 5.41) is 29.0. The number of aryl methyl sites for hydroxylation is 1. The van der Waals surface area contributed by atoms with Crippen LogP contribution in [0.5, 0.6) is 11.5 Å². The monoisotopic (exact) mass is 480 g/mol. The zero-order valence-corrected chi connectivity index (χ0v) is 21.2. The zero-order chi connectivity index (χ0) is 25.2. The van der Waals surface area contributed by atoms with Crippen molar-refractivity contribution in [1.29, 1.82) is 0 Å². The molecule has 1 unspecified atom stereocenters. The molecular weight excluding hydrogens is 440 g/mol. The first-order valence-electron chi connectivity index (χ1n) is 13.2. The van der Waals surface area contributed by atoms with Crippen LogP contribution in [0.15, 0.2) is 42.5 Å². The molecule has 5 rings (SSSR count). The van der Waals surface area contributed by atoms with Gasteiger partial charge in [-0.15, -0.1) is 0 Å². The summed E-state index contributed by atoms with van der Waals surface area (Å²) in [7, 11) is 0. The second-order valence-corrected chi connectivity index (χ2v) is 10.9. The number of phenols is 1. The van der Waals surface area contributed by atoms with E-state index in [0.29, 0.717) is 29.9 Å². The number of benzene rings is 2. The van der Waals surface area contributed by atoms with E-state index in [-0.39, 0.29) is 11.5 Å². The Labute approximate surface area is 209 Å². The van der Waals surface area contributed by atoms with Crippen LogP contribution in [-0.2, 0) is 11.2 Å². The number of carboxylic acid groups (broad SMARTS) is 1. The molecule has 190 valence electrons. The van der Waals surface area contributed by atoms with E-state index in [0.717, 1.165) is 37.2 Å². The summed E-state index contributed by atoms with van der Waals surface area (Å²) in [5.41, 5.74) is 3.73. The smallest absolute Gasteiger partial charge is 0.310 e. The van der Waals surface area contributed by atoms with Gasteiger partial charge in [0.05, 0.1) is 18.6 Å². The predicted molar refractivity (Wildman–Crippen MR) is 137 cm³/mol. The fourth-order valence-corrected chi connectivity index (χ4v) is 6.86. The summed E-state index contributed by atoms with van der Waals surface area (Å²) >= 11 is 0. The van der Waals surface area contributed by atoms with Crippen molar-refractivity contribution < 1.29 is 24.9 Å². The molecule has 2 fully saturated rings. The van der Waals surface area contributed by atoms with Crippen molar-refractivity contribution in [2.45, 2.75) is 83.7 Å². The molecule has 0 aliphatic heterocycles. The molecule has 2 saturated carbocycles. The van der Waals surface area contributed by atoms with Crippen LogP contribution in [-0.4, -0.2) is 34.0 Å². The van der Waals surface area contributed by atoms with Crippen molar-refractivity contribution >= 4 is 5.97 Å². The number of hydrogen-bond donors (Lipinski definition) is 3. The van der Waals surface area contributed by atoms with Crippen LogP contribution in [0.4, 0.5) is 0 Å². The summed E-state index contributed by atoms with van der Waals surface area (Å²) in [6.07, 6.45) is 7.69. The third-order valence-corrected chi connectivity index (χ3v) is 8.88. The highest BCUT2D eigenvalue weighted by atomic mass is 16.5. The lowest BCUT2D eigenvalue weighted by Crippen LogP contribution is -2.43. The molecule has 3 N–H and O–H groups in total. The molecule has 2 aromatic rings. The molecule has 0 radical (unpaired) electrons. The number of hydrogen-bond acceptors (Lipinski definition) is 4. The minimum Gasteiger partial charge on any atom is -0.508 e. The van der Waals surface area contributed by atoms with Crippen LogP contribution in [0.25, 0.3) is 0 Å². The van der Waals surface area contributed by atoms with Crippen LogP contribution in [0, 0.1) is 17.3 Å². The standard InChI is InChI=1S/C18H24O2.C12H16O3/c1-18-9-8-14-13-5-3-12(19)10-11(13)2-4-15(14)16(18)6-7-17(18)20;1-3-8-15-11-7-5-4-6-10(11)9(2)12(13)14/h3,5,10,14-17,19-20H,2,4,6-9H2,1H3;4-7,9H,3,8H2,1-2H3,(H,13,14)/t14-,15-,16+,17+,18+;/m1./s1. The summed E-state index contributed by atoms with van der Waals surface area (Å²) in [4.78, 5) is 10.9. The van der Waals surface area contributed by atoms with Crippen LogP contribution >= 0.6 is 0 Å². The van der Waals surface area contributed by atoms with E-state index in [4.69, 9.17) is 9.84 Å². The van der Waals surface area contributed by atoms with Gasteiger partial charge in [-0.05, 0) is 104 Å². The summed E-state index contributed by atoms with van der Waals surface area (Å²) in [6.45, 7) is 6.61. The minimum absolute atomic E-state index is 0.0883. The molecule has 0 amide bonds. The van der Waals surface area contributed by atoms with Crippen molar-refractivity contribution in [2.24, 2.45) is 17.3 Å². The van der Waals surface area contributed by atoms with Crippen molar-refractivity contribution in [1.82, 2.24) is 0 Å². The molecule has 2 aromatic carbocycles. The number of rotatable bonds is 5. The Morgan fingerprint density at radius 1 is 1.14 bits per heavy atom. The third kappa shape index (κ3) is 5.06. The molecule has 0 spiro atoms. The molecule has 35 heavy (non-hydrogen) atoms. The van der Waals surface area contributed by atoms with Crippen molar-refractivity contribution in [3.63, 3.8) is 0 Å². The molecule has 5 heteroatoms. The third-order valence-electron chi connectivity index (χ3n) is 8.88. The highest BCUT2D eigenvalue weighted by molar-refractivity contribution is 5.76. The van der Waals surface area contributed by atoms with Gasteiger partial charge in [0.25, 0.3) is 0 Å². The fourth-order valence-electron chi connectivity index (χ4n) is 6.86. The Morgan fingerprint density at radius 3 is 2.66 bits per heavy atom. The van der Waals surface area contributed by atoms with Crippen molar-refractivity contribution in [3.05, 3.63) is 59.2 Å². The number of aliphatic hydroxyl groups is 1. The first kappa shape index (κ1) is 25.6. The molecule has 0 aromatic heterocycles. The number of para-hydroxylation sites is 1. The number of carbonyl (C=O) groups is 1. The van der Waals surface area contributed by atoms with E-state index in [1.54, 1.807) is 13.0 Å². The maximum Gasteiger partial charge on any atom is 0.310 e. The van der Waals surface area contributed by atoms with Gasteiger partial charge in [0, 0.05) is 5.56 Å². The topological polar surface area (TPSA) is 87.0 Å². The lowest BCUT2D eigenvalue weighted by Gasteiger charge is -2.50. The van der Waals surface area contributed by atoms with Gasteiger partial charge in [0.15, 0.2) is 0 Å². The van der Waals surface area contributed by atoms with Crippen LogP contribution < -0.4 is 4.74 Å². The quantitative estimate of drug-likeness (QED) is 0.469. The zero-order valence-electron chi connectivity index (χ0n) is 21.2. The minimum atomic E-state index is -0.831. The van der Waals surface area contributed by atoms with E-state index in [1.165, 1.54) is 30.4 Å². The maximum atomic E-state index is 10.9. The van der Waals surface area contributed by atoms with E-state index in [2.05, 4.69) is 13.0 Å². The van der Waals surface area contributed by atoms with Gasteiger partial charge >= 0.3 is 5.97 Å². The Kier molecular flexibility index (Phi) is 7.75. The lowest BCUT2D eigenvalue weighted by molar-refractivity contribution is -0.138. The Hall–Kier alpha value is -2.53. The van der Waals surface area contributed by atoms with Gasteiger partial charge in [-0.2, -0.15) is 0 Å². The highest BCUT2D eigenvalue weighted by Crippen LogP contribution is 2.60. The first-order chi connectivity index (χ1) is 16.8. The van der Waals surface area contributed by atoms with E-state index < -0.39 is 11.9 Å². The summed E-state index contributed by atoms with van der Waals surface area (Å²) in [5.74, 6) is 1.80. The number of aliphatic hydroxyl groups excluding tert-OH is 1. The van der Waals surface area contributed by atoms with Crippen LogP contribution in [0.3, 0.4) is 0 Å². The number of aromatic hydroxyl groups is 1. The maximum absolute atomic E-state index is 10.9. The average molecular weight is 481 g/mol. The van der Waals surface area contributed by atoms with Gasteiger partial charge in [-0.25, -0.2) is 0 Å². The van der Waals surface area contributed by atoms with E-state index >= 15 is 0 Å². The predicted octanol–water partition coefficient (Wildman–Crippen LogP) is 6.27. The molecule has 6 atom stereocenters. The normalized spacial score (nSPS) is 29.6. The number of carboxylic acids is 1. The number of aliphatic carboxylic acids is 1. The van der Waals surface area contributed by atoms with Gasteiger partial charge in [0.2, 0.25) is 0 Å². The van der Waals surface area contributed by atoms with Gasteiger partial charge < -0.3 is 20.1 Å². The highest BCUT2D eigenvalue weighted by Gasteiger charge is 2.54. The molecule has 0 bridgehead atoms. The Bertz CT molecular complexity index is 1030. The van der Waals surface area contributed by atoms with E-state index in [9.17, 15) is 15.0 Å². The van der Waals surface area contributed by atoms with Gasteiger partial charge in [-0.3, -0.25) is 4.79 Å². The second kappa shape index (κ2) is 10.6. The van der Waals surface area contributed by atoms with Gasteiger partial charge in [0.1, 0.15) is 11.5 Å². The summed E-state index contributed by atoms with van der Waals surface area (Å²) < 4.78 is 5.49. The van der Waals surface area contributed by atoms with Gasteiger partial charge in [-0.1, -0.05) is 38.1 Å². The Morgan fingerprint density at radius 2 is 1.91 bits per heavy atom. The van der Waals surface area contributed by atoms with Crippen LogP contribution in [0.1, 0.15) is 87.8 Å². The van der Waals surface area contributed by atoms with Crippen LogP contribution in [0.2, 0.25) is 0 Å². The molecule has 3 aliphatic rings. The SMILES string of the molecule is CCCOc1ccccc1C(C)C(=O)O.C[C@]12CC[C@@H]3c4ccc(O)cc4CC[C@H]3[C@@H]1CC[C@@H]2O. The largest absolute Gasteiger partial charge is 0.508 e. The molecule has 3 aliphatic carbocycles. The first-order valence-corrected chi connectivity index (χ1v) is 13.2. The fraction of sp³-hybridized carbons (Fsp3) is 0.567. The lowest BCUT2D eigenvalue weighted by atomic mass is 9.55. The molecular formula is C30H40O5. The van der Waals surface area contributed by atoms with Crippen molar-refractivity contribution in [3.8, 4) is 11.5 Å². The Balaban J connectivity index is 0.000000174. The van der Waals surface area contributed by atoms with E-state index in [1.807, 2.05) is 37.3 Å². The number of ether oxygens (including phenoxy) is 1. The average Bonchev–Trinajstić information content (AvgIpc) is 3.16. The second-order valence-electron chi connectivity index (χ2n) is 10.9. The number of fused-ring (bicyclic) bond motifs is 5. The molecule has 5 nitrogen and oxygen atoms in total. The number of phenolic OH excluding ortho intramolecular Hbond substituents is 1. The summed E-state index contributed by atoms with van der Waals surface area (Å²) in [6, 6.07) is 13.2.